The zero-order valence-electron chi connectivity index (χ0n) is 16.8. The molecule has 0 heterocycles. The number of carbonyl (C=O) groups excluding carboxylic acids is 1. The minimum absolute atomic E-state index is 0.0710. The third-order valence-electron chi connectivity index (χ3n) is 4.17. The maximum absolute atomic E-state index is 13.4. The van der Waals surface area contributed by atoms with E-state index < -0.39 is 31.8 Å². The number of carboxylic acid groups (broad SMARTS) is 1. The molecule has 0 fully saturated rings. The lowest BCUT2D eigenvalue weighted by Gasteiger charge is -2.24. The summed E-state index contributed by atoms with van der Waals surface area (Å²) in [5, 5.41) is 14.5. The number of alkyl halides is 3. The molecule has 6 nitrogen and oxygen atoms in total. The van der Waals surface area contributed by atoms with Crippen molar-refractivity contribution in [3.8, 4) is 5.75 Å². The third-order valence-corrected chi connectivity index (χ3v) is 6.18. The molecule has 0 aromatic heterocycles. The molecule has 0 atom stereocenters. The van der Waals surface area contributed by atoms with E-state index in [0.717, 1.165) is 6.07 Å². The number of hydrogen-bond acceptors (Lipinski definition) is 3. The Bertz CT molecular complexity index is 895. The van der Waals surface area contributed by atoms with E-state index in [-0.39, 0.29) is 30.2 Å². The van der Waals surface area contributed by atoms with Crippen LogP contribution in [-0.2, 0) is 6.18 Å². The van der Waals surface area contributed by atoms with Crippen LogP contribution in [0, 0.1) is 0 Å². The van der Waals surface area contributed by atoms with E-state index in [9.17, 15) is 22.8 Å². The number of amides is 2. The van der Waals surface area contributed by atoms with Crippen LogP contribution < -0.4 is 20.6 Å². The van der Waals surface area contributed by atoms with Gasteiger partial charge in [-0.1, -0.05) is 43.9 Å². The minimum atomic E-state index is -4.56. The molecule has 162 valence electrons. The van der Waals surface area contributed by atoms with E-state index in [1.54, 1.807) is 12.1 Å². The summed E-state index contributed by atoms with van der Waals surface area (Å²) >= 11 is 0. The number of benzene rings is 2. The van der Waals surface area contributed by atoms with Crippen molar-refractivity contribution < 1.29 is 32.6 Å². The molecule has 0 bridgehead atoms. The van der Waals surface area contributed by atoms with Gasteiger partial charge in [-0.05, 0) is 23.4 Å². The fourth-order valence-electron chi connectivity index (χ4n) is 2.77. The predicted molar refractivity (Wildman–Crippen MR) is 110 cm³/mol. The Balaban J connectivity index is 2.04. The van der Waals surface area contributed by atoms with Crippen LogP contribution in [0.5, 0.6) is 5.75 Å². The summed E-state index contributed by atoms with van der Waals surface area (Å²) in [5.41, 5.74) is -0.822. The number of ether oxygens (including phenoxy) is 1. The lowest BCUT2D eigenvalue weighted by atomic mass is 10.2. The topological polar surface area (TPSA) is 87.7 Å². The molecule has 0 saturated heterocycles. The van der Waals surface area contributed by atoms with Crippen molar-refractivity contribution in [1.82, 2.24) is 5.32 Å². The Labute approximate surface area is 173 Å². The average molecular weight is 440 g/mol. The number of urea groups is 1. The third kappa shape index (κ3) is 5.99. The first-order valence-corrected chi connectivity index (χ1v) is 12.6. The summed E-state index contributed by atoms with van der Waals surface area (Å²) in [7, 11) is -2.12. The van der Waals surface area contributed by atoms with Gasteiger partial charge >= 0.3 is 18.2 Å². The van der Waals surface area contributed by atoms with Gasteiger partial charge < -0.3 is 20.5 Å². The molecule has 2 rings (SSSR count). The van der Waals surface area contributed by atoms with Crippen LogP contribution in [0.3, 0.4) is 0 Å². The van der Waals surface area contributed by atoms with Crippen LogP contribution in [0.25, 0.3) is 0 Å². The molecule has 10 heteroatoms. The monoisotopic (exact) mass is 440 g/mol. The van der Waals surface area contributed by atoms with Gasteiger partial charge in [-0.25, -0.2) is 9.59 Å². The Morgan fingerprint density at radius 3 is 2.33 bits per heavy atom. The number of anilines is 1. The second-order valence-corrected chi connectivity index (χ2v) is 12.5. The predicted octanol–water partition coefficient (Wildman–Crippen LogP) is 4.15. The number of halogens is 3. The summed E-state index contributed by atoms with van der Waals surface area (Å²) in [4.78, 5) is 23.2. The zero-order chi connectivity index (χ0) is 22.5. The molecule has 0 aliphatic heterocycles. The van der Waals surface area contributed by atoms with Gasteiger partial charge in [0.15, 0.2) is 0 Å². The van der Waals surface area contributed by atoms with Gasteiger partial charge in [-0.2, -0.15) is 13.2 Å². The van der Waals surface area contributed by atoms with Gasteiger partial charge in [0.2, 0.25) is 0 Å². The quantitative estimate of drug-likeness (QED) is 0.446. The van der Waals surface area contributed by atoms with Crippen LogP contribution in [0.15, 0.2) is 42.5 Å². The Hall–Kier alpha value is -3.01. The van der Waals surface area contributed by atoms with E-state index in [0.29, 0.717) is 5.19 Å². The normalized spacial score (nSPS) is 11.7. The van der Waals surface area contributed by atoms with Gasteiger partial charge in [0.05, 0.1) is 31.4 Å². The minimum Gasteiger partial charge on any atom is -0.491 e. The first-order valence-electron chi connectivity index (χ1n) is 9.12. The summed E-state index contributed by atoms with van der Waals surface area (Å²) in [6, 6.07) is 9.15. The fourth-order valence-corrected chi connectivity index (χ4v) is 4.25. The van der Waals surface area contributed by atoms with Gasteiger partial charge in [0.25, 0.3) is 0 Å². The van der Waals surface area contributed by atoms with Crippen molar-refractivity contribution in [2.45, 2.75) is 25.8 Å². The standard InChI is InChI=1S/C20H23F3N2O4Si/c1-30(2,3)16-10-6-8-14(20(21,22)23)17(16)29-12-11-24-19(28)25-15-9-5-4-7-13(15)18(26)27/h4-10H,11-12H2,1-3H3,(H,26,27)(H2,24,25,28). The van der Waals surface area contributed by atoms with E-state index in [1.165, 1.54) is 24.3 Å². The molecule has 0 aliphatic carbocycles. The van der Waals surface area contributed by atoms with Crippen molar-refractivity contribution in [2.24, 2.45) is 0 Å². The van der Waals surface area contributed by atoms with Crippen molar-refractivity contribution in [1.29, 1.82) is 0 Å². The van der Waals surface area contributed by atoms with E-state index in [4.69, 9.17) is 9.84 Å². The van der Waals surface area contributed by atoms with Crippen molar-refractivity contribution in [3.05, 3.63) is 53.6 Å². The lowest BCUT2D eigenvalue weighted by molar-refractivity contribution is -0.138. The number of hydrogen-bond donors (Lipinski definition) is 3. The molecule has 0 spiro atoms. The largest absolute Gasteiger partial charge is 0.491 e. The van der Waals surface area contributed by atoms with Crippen molar-refractivity contribution in [3.63, 3.8) is 0 Å². The number of carbonyl (C=O) groups is 2. The first kappa shape index (κ1) is 23.3. The molecule has 0 radical (unpaired) electrons. The van der Waals surface area contributed by atoms with Gasteiger partial charge in [0, 0.05) is 0 Å². The molecule has 2 aromatic carbocycles. The molecule has 0 unspecified atom stereocenters. The van der Waals surface area contributed by atoms with Crippen LogP contribution >= 0.6 is 0 Å². The lowest BCUT2D eigenvalue weighted by Crippen LogP contribution is -2.40. The summed E-state index contributed by atoms with van der Waals surface area (Å²) < 4.78 is 45.7. The first-order chi connectivity index (χ1) is 13.9. The average Bonchev–Trinajstić information content (AvgIpc) is 2.63. The number of para-hydroxylation sites is 2. The Kier molecular flexibility index (Phi) is 7.14. The van der Waals surface area contributed by atoms with Gasteiger partial charge in [-0.15, -0.1) is 0 Å². The second-order valence-electron chi connectivity index (χ2n) is 7.51. The van der Waals surface area contributed by atoms with Crippen LogP contribution in [0.1, 0.15) is 15.9 Å². The highest BCUT2D eigenvalue weighted by atomic mass is 28.3. The highest BCUT2D eigenvalue weighted by molar-refractivity contribution is 6.89. The van der Waals surface area contributed by atoms with Crippen molar-refractivity contribution in [2.75, 3.05) is 18.5 Å². The molecule has 2 aromatic rings. The molecule has 0 saturated carbocycles. The van der Waals surface area contributed by atoms with E-state index in [2.05, 4.69) is 10.6 Å². The number of nitrogens with one attached hydrogen (secondary N) is 2. The van der Waals surface area contributed by atoms with Gasteiger partial charge in [-0.3, -0.25) is 0 Å². The second kappa shape index (κ2) is 9.20. The van der Waals surface area contributed by atoms with Crippen molar-refractivity contribution >= 4 is 30.9 Å². The molecular formula is C20H23F3N2O4Si. The molecule has 3 N–H and O–H groups in total. The number of carboxylic acids is 1. The zero-order valence-corrected chi connectivity index (χ0v) is 17.8. The molecule has 0 aliphatic rings. The Morgan fingerprint density at radius 2 is 1.73 bits per heavy atom. The van der Waals surface area contributed by atoms with Gasteiger partial charge in [0.1, 0.15) is 12.4 Å². The molecule has 30 heavy (non-hydrogen) atoms. The summed E-state index contributed by atoms with van der Waals surface area (Å²) in [5.74, 6) is -1.40. The van der Waals surface area contributed by atoms with E-state index >= 15 is 0 Å². The fraction of sp³-hybridized carbons (Fsp3) is 0.300. The highest BCUT2D eigenvalue weighted by Gasteiger charge is 2.37. The number of rotatable bonds is 7. The maximum atomic E-state index is 13.4. The highest BCUT2D eigenvalue weighted by Crippen LogP contribution is 2.36. The van der Waals surface area contributed by atoms with Crippen LogP contribution in [0.2, 0.25) is 19.6 Å². The summed E-state index contributed by atoms with van der Waals surface area (Å²) in [6.07, 6.45) is -4.56. The van der Waals surface area contributed by atoms with Crippen LogP contribution in [-0.4, -0.2) is 38.3 Å². The summed E-state index contributed by atoms with van der Waals surface area (Å²) in [6.45, 7) is 5.50. The number of aromatic carboxylic acids is 1. The SMILES string of the molecule is C[Si](C)(C)c1cccc(C(F)(F)F)c1OCCNC(=O)Nc1ccccc1C(=O)O. The molecule has 2 amide bonds. The van der Waals surface area contributed by atoms with Crippen LogP contribution in [0.4, 0.5) is 23.7 Å². The smallest absolute Gasteiger partial charge is 0.419 e. The molecular weight excluding hydrogens is 417 g/mol. The van der Waals surface area contributed by atoms with E-state index in [1.807, 2.05) is 19.6 Å². The maximum Gasteiger partial charge on any atom is 0.419 e. The Morgan fingerprint density at radius 1 is 1.07 bits per heavy atom.